The number of benzene rings is 3. The monoisotopic (exact) mass is 467 g/mol. The van der Waals surface area contributed by atoms with Crippen LogP contribution in [0, 0.1) is 13.8 Å². The summed E-state index contributed by atoms with van der Waals surface area (Å²) in [6.07, 6.45) is 0. The number of aromatic nitrogens is 2. The van der Waals surface area contributed by atoms with Crippen LogP contribution in [-0.4, -0.2) is 46.7 Å². The van der Waals surface area contributed by atoms with Crippen LogP contribution >= 0.6 is 0 Å². The molecule has 0 bridgehead atoms. The predicted octanol–water partition coefficient (Wildman–Crippen LogP) is 4.42. The predicted molar refractivity (Wildman–Crippen MR) is 140 cm³/mol. The second kappa shape index (κ2) is 9.62. The molecule has 2 heterocycles. The fourth-order valence-electron chi connectivity index (χ4n) is 4.45. The number of carbonyl (C=O) groups is 1. The molecule has 1 aliphatic heterocycles. The van der Waals surface area contributed by atoms with Crippen molar-refractivity contribution in [2.24, 2.45) is 0 Å². The number of aryl methyl sites for hydroxylation is 2. The minimum absolute atomic E-state index is 0.109. The number of piperazine rings is 1. The van der Waals surface area contributed by atoms with Gasteiger partial charge in [0.15, 0.2) is 5.82 Å². The number of nitrogens with zero attached hydrogens (tertiary/aromatic N) is 4. The molecular formula is C28H29N5O2. The van der Waals surface area contributed by atoms with Crippen molar-refractivity contribution in [2.45, 2.75) is 20.4 Å². The highest BCUT2D eigenvalue weighted by Crippen LogP contribution is 2.19. The number of rotatable bonds is 4. The molecule has 0 radical (unpaired) electrons. The highest BCUT2D eigenvalue weighted by Gasteiger charge is 2.25. The molecule has 0 spiro atoms. The Morgan fingerprint density at radius 2 is 1.57 bits per heavy atom. The summed E-state index contributed by atoms with van der Waals surface area (Å²) in [5, 5.41) is 3.00. The van der Waals surface area contributed by atoms with Crippen LogP contribution in [0.4, 0.5) is 16.3 Å². The van der Waals surface area contributed by atoms with Crippen molar-refractivity contribution in [2.75, 3.05) is 36.4 Å². The molecular weight excluding hydrogens is 438 g/mol. The second-order valence-electron chi connectivity index (χ2n) is 9.02. The van der Waals surface area contributed by atoms with Crippen LogP contribution in [0.15, 0.2) is 77.6 Å². The van der Waals surface area contributed by atoms with Gasteiger partial charge in [0, 0.05) is 31.9 Å². The van der Waals surface area contributed by atoms with Crippen LogP contribution in [0.1, 0.15) is 16.7 Å². The van der Waals surface area contributed by atoms with Gasteiger partial charge in [0.05, 0.1) is 17.6 Å². The Hall–Kier alpha value is -4.13. The number of anilines is 2. The van der Waals surface area contributed by atoms with Crippen LogP contribution in [-0.2, 0) is 6.54 Å². The van der Waals surface area contributed by atoms with Crippen LogP contribution in [0.5, 0.6) is 0 Å². The molecule has 7 heteroatoms. The molecule has 1 fully saturated rings. The summed E-state index contributed by atoms with van der Waals surface area (Å²) >= 11 is 0. The van der Waals surface area contributed by atoms with E-state index in [0.29, 0.717) is 38.5 Å². The second-order valence-corrected chi connectivity index (χ2v) is 9.02. The first-order valence-corrected chi connectivity index (χ1v) is 11.9. The number of hydrogen-bond donors (Lipinski definition) is 1. The molecule has 1 saturated heterocycles. The normalized spacial score (nSPS) is 13.8. The van der Waals surface area contributed by atoms with Crippen LogP contribution in [0.2, 0.25) is 0 Å². The lowest BCUT2D eigenvalue weighted by atomic mass is 10.1. The van der Waals surface area contributed by atoms with Gasteiger partial charge in [0.2, 0.25) is 0 Å². The molecule has 0 atom stereocenters. The quantitative estimate of drug-likeness (QED) is 0.483. The summed E-state index contributed by atoms with van der Waals surface area (Å²) < 4.78 is 1.81. The van der Waals surface area contributed by atoms with E-state index in [4.69, 9.17) is 4.98 Å². The molecule has 0 unspecified atom stereocenters. The van der Waals surface area contributed by atoms with Gasteiger partial charge >= 0.3 is 6.03 Å². The number of fused-ring (bicyclic) bond motifs is 1. The topological polar surface area (TPSA) is 70.5 Å². The first kappa shape index (κ1) is 22.7. The molecule has 7 nitrogen and oxygen atoms in total. The number of carbonyl (C=O) groups excluding carboxylic acids is 1. The molecule has 2 amide bonds. The molecule has 1 N–H and O–H groups in total. The molecule has 0 saturated carbocycles. The van der Waals surface area contributed by atoms with Crippen LogP contribution < -0.4 is 15.8 Å². The maximum Gasteiger partial charge on any atom is 0.321 e. The summed E-state index contributed by atoms with van der Waals surface area (Å²) in [7, 11) is 0. The highest BCUT2D eigenvalue weighted by atomic mass is 16.2. The lowest BCUT2D eigenvalue weighted by molar-refractivity contribution is 0.208. The number of hydrogen-bond acceptors (Lipinski definition) is 4. The number of amides is 2. The Kier molecular flexibility index (Phi) is 6.23. The fraction of sp³-hybridized carbons (Fsp3) is 0.250. The SMILES string of the molecule is Cc1ccc(Cn2c(=O)c(N3CCN(C(=O)Nc4ccccc4C)CC3)nc3ccccc32)cc1. The van der Waals surface area contributed by atoms with E-state index in [1.165, 1.54) is 5.56 Å². The number of nitrogens with one attached hydrogen (secondary N) is 1. The molecule has 178 valence electrons. The largest absolute Gasteiger partial charge is 0.348 e. The molecule has 4 aromatic rings. The van der Waals surface area contributed by atoms with E-state index < -0.39 is 0 Å². The van der Waals surface area contributed by atoms with Crippen molar-refractivity contribution < 1.29 is 4.79 Å². The van der Waals surface area contributed by atoms with Gasteiger partial charge in [-0.2, -0.15) is 0 Å². The Morgan fingerprint density at radius 1 is 0.886 bits per heavy atom. The molecule has 1 aromatic heterocycles. The Balaban J connectivity index is 1.37. The van der Waals surface area contributed by atoms with Crippen molar-refractivity contribution >= 4 is 28.6 Å². The maximum absolute atomic E-state index is 13.6. The molecule has 3 aromatic carbocycles. The van der Waals surface area contributed by atoms with Crippen molar-refractivity contribution in [3.8, 4) is 0 Å². The van der Waals surface area contributed by atoms with Crippen molar-refractivity contribution in [1.82, 2.24) is 14.5 Å². The number of para-hydroxylation sites is 3. The van der Waals surface area contributed by atoms with E-state index in [9.17, 15) is 9.59 Å². The summed E-state index contributed by atoms with van der Waals surface area (Å²) in [5.74, 6) is 0.440. The first-order chi connectivity index (χ1) is 17.0. The van der Waals surface area contributed by atoms with Gasteiger partial charge in [-0.3, -0.25) is 9.36 Å². The van der Waals surface area contributed by atoms with E-state index in [1.54, 1.807) is 9.47 Å². The highest BCUT2D eigenvalue weighted by molar-refractivity contribution is 5.90. The standard InChI is InChI=1S/C28H29N5O2/c1-20-11-13-22(14-12-20)19-33-25-10-6-5-9-24(25)29-26(27(33)34)31-15-17-32(18-16-31)28(35)30-23-8-4-3-7-21(23)2/h3-14H,15-19H2,1-2H3,(H,30,35). The average Bonchev–Trinajstić information content (AvgIpc) is 2.88. The average molecular weight is 468 g/mol. The third-order valence-electron chi connectivity index (χ3n) is 6.55. The van der Waals surface area contributed by atoms with E-state index in [-0.39, 0.29) is 11.6 Å². The van der Waals surface area contributed by atoms with Crippen LogP contribution in [0.25, 0.3) is 11.0 Å². The van der Waals surface area contributed by atoms with Gasteiger partial charge in [-0.05, 0) is 43.2 Å². The van der Waals surface area contributed by atoms with Crippen molar-refractivity contribution in [3.63, 3.8) is 0 Å². The first-order valence-electron chi connectivity index (χ1n) is 11.9. The van der Waals surface area contributed by atoms with Crippen molar-refractivity contribution in [1.29, 1.82) is 0 Å². The zero-order valence-electron chi connectivity index (χ0n) is 20.1. The lowest BCUT2D eigenvalue weighted by Gasteiger charge is -2.35. The van der Waals surface area contributed by atoms with E-state index in [0.717, 1.165) is 27.8 Å². The van der Waals surface area contributed by atoms with E-state index >= 15 is 0 Å². The summed E-state index contributed by atoms with van der Waals surface area (Å²) in [6, 6.07) is 23.6. The lowest BCUT2D eigenvalue weighted by Crippen LogP contribution is -2.51. The number of urea groups is 1. The van der Waals surface area contributed by atoms with Gasteiger partial charge in [-0.1, -0.05) is 60.2 Å². The van der Waals surface area contributed by atoms with E-state index in [1.807, 2.05) is 60.4 Å². The molecule has 5 rings (SSSR count). The fourth-order valence-corrected chi connectivity index (χ4v) is 4.45. The van der Waals surface area contributed by atoms with Gasteiger partial charge in [0.25, 0.3) is 5.56 Å². The molecule has 35 heavy (non-hydrogen) atoms. The van der Waals surface area contributed by atoms with Crippen molar-refractivity contribution in [3.05, 3.63) is 99.8 Å². The van der Waals surface area contributed by atoms with Gasteiger partial charge in [-0.25, -0.2) is 9.78 Å². The third kappa shape index (κ3) is 4.75. The maximum atomic E-state index is 13.6. The summed E-state index contributed by atoms with van der Waals surface area (Å²) in [6.45, 7) is 6.64. The zero-order valence-corrected chi connectivity index (χ0v) is 20.1. The third-order valence-corrected chi connectivity index (χ3v) is 6.55. The summed E-state index contributed by atoms with van der Waals surface area (Å²) in [5.41, 5.74) is 5.58. The van der Waals surface area contributed by atoms with E-state index in [2.05, 4.69) is 36.5 Å². The van der Waals surface area contributed by atoms with Gasteiger partial charge in [-0.15, -0.1) is 0 Å². The Morgan fingerprint density at radius 3 is 2.31 bits per heavy atom. The minimum atomic E-state index is -0.123. The minimum Gasteiger partial charge on any atom is -0.348 e. The zero-order chi connectivity index (χ0) is 24.4. The summed E-state index contributed by atoms with van der Waals surface area (Å²) in [4.78, 5) is 34.9. The molecule has 0 aliphatic carbocycles. The molecule has 1 aliphatic rings. The van der Waals surface area contributed by atoms with Gasteiger partial charge in [0.1, 0.15) is 0 Å². The van der Waals surface area contributed by atoms with Gasteiger partial charge < -0.3 is 15.1 Å². The Labute approximate surface area is 204 Å². The Bertz CT molecular complexity index is 1420. The smallest absolute Gasteiger partial charge is 0.321 e. The van der Waals surface area contributed by atoms with Crippen LogP contribution in [0.3, 0.4) is 0 Å².